The molecule has 0 heterocycles. The third-order valence-corrected chi connectivity index (χ3v) is 3.68. The Morgan fingerprint density at radius 3 is 2.17 bits per heavy atom. The van der Waals surface area contributed by atoms with Gasteiger partial charge in [-0.05, 0) is 56.5 Å². The molecule has 0 fully saturated rings. The van der Waals surface area contributed by atoms with E-state index in [4.69, 9.17) is 9.47 Å². The maximum Gasteiger partial charge on any atom is 0.119 e. The molecule has 0 aliphatic rings. The summed E-state index contributed by atoms with van der Waals surface area (Å²) in [6.45, 7) is 5.29. The van der Waals surface area contributed by atoms with Gasteiger partial charge in [0.25, 0.3) is 0 Å². The molecule has 2 rings (SSSR count). The van der Waals surface area contributed by atoms with Gasteiger partial charge >= 0.3 is 0 Å². The van der Waals surface area contributed by atoms with Gasteiger partial charge in [0.15, 0.2) is 0 Å². The molecule has 23 heavy (non-hydrogen) atoms. The molecule has 0 saturated heterocycles. The first kappa shape index (κ1) is 16.9. The van der Waals surface area contributed by atoms with E-state index in [9.17, 15) is 5.26 Å². The summed E-state index contributed by atoms with van der Waals surface area (Å²) < 4.78 is 11.1. The lowest BCUT2D eigenvalue weighted by molar-refractivity contribution is 0.305. The van der Waals surface area contributed by atoms with Crippen molar-refractivity contribution in [2.24, 2.45) is 0 Å². The lowest BCUT2D eigenvalue weighted by Gasteiger charge is -2.11. The predicted octanol–water partition coefficient (Wildman–Crippen LogP) is 4.86. The molecule has 3 nitrogen and oxygen atoms in total. The summed E-state index contributed by atoms with van der Waals surface area (Å²) >= 11 is 0. The lowest BCUT2D eigenvalue weighted by Crippen LogP contribution is -2.02. The monoisotopic (exact) mass is 309 g/mol. The van der Waals surface area contributed by atoms with Crippen LogP contribution in [0.3, 0.4) is 0 Å². The Kier molecular flexibility index (Phi) is 6.50. The zero-order valence-corrected chi connectivity index (χ0v) is 13.8. The first-order valence-electron chi connectivity index (χ1n) is 8.04. The van der Waals surface area contributed by atoms with Crippen LogP contribution in [-0.4, -0.2) is 13.2 Å². The Balaban J connectivity index is 1.80. The second-order valence-electron chi connectivity index (χ2n) is 5.49. The zero-order valence-electron chi connectivity index (χ0n) is 13.8. The van der Waals surface area contributed by atoms with Crippen LogP contribution in [0, 0.1) is 18.3 Å². The van der Waals surface area contributed by atoms with E-state index in [1.807, 2.05) is 55.5 Å². The van der Waals surface area contributed by atoms with Crippen molar-refractivity contribution in [3.05, 3.63) is 59.7 Å². The predicted molar refractivity (Wildman–Crippen MR) is 91.9 cm³/mol. The SMILES string of the molecule is CCOc1ccc(C(C#N)CCCOc2ccc(C)cc2)cc1. The molecular formula is C20H23NO2. The number of rotatable bonds is 8. The summed E-state index contributed by atoms with van der Waals surface area (Å²) in [5.74, 6) is 1.62. The van der Waals surface area contributed by atoms with Crippen LogP contribution in [0.15, 0.2) is 48.5 Å². The third kappa shape index (κ3) is 5.34. The van der Waals surface area contributed by atoms with E-state index in [-0.39, 0.29) is 5.92 Å². The van der Waals surface area contributed by atoms with Crippen LogP contribution >= 0.6 is 0 Å². The van der Waals surface area contributed by atoms with E-state index < -0.39 is 0 Å². The number of hydrogen-bond donors (Lipinski definition) is 0. The highest BCUT2D eigenvalue weighted by molar-refractivity contribution is 5.32. The van der Waals surface area contributed by atoms with Gasteiger partial charge in [0.1, 0.15) is 11.5 Å². The van der Waals surface area contributed by atoms with Gasteiger partial charge in [-0.3, -0.25) is 0 Å². The van der Waals surface area contributed by atoms with Gasteiger partial charge in [0.05, 0.1) is 25.2 Å². The van der Waals surface area contributed by atoms with Crippen LogP contribution in [0.5, 0.6) is 11.5 Å². The van der Waals surface area contributed by atoms with Gasteiger partial charge in [0, 0.05) is 0 Å². The van der Waals surface area contributed by atoms with E-state index in [1.54, 1.807) is 0 Å². The molecule has 1 atom stereocenters. The van der Waals surface area contributed by atoms with E-state index in [0.29, 0.717) is 13.2 Å². The van der Waals surface area contributed by atoms with Crippen LogP contribution in [0.25, 0.3) is 0 Å². The first-order chi connectivity index (χ1) is 11.2. The molecular weight excluding hydrogens is 286 g/mol. The largest absolute Gasteiger partial charge is 0.494 e. The molecule has 120 valence electrons. The quantitative estimate of drug-likeness (QED) is 0.654. The van der Waals surface area contributed by atoms with Gasteiger partial charge in [-0.25, -0.2) is 0 Å². The minimum absolute atomic E-state index is 0.104. The molecule has 0 bridgehead atoms. The summed E-state index contributed by atoms with van der Waals surface area (Å²) in [7, 11) is 0. The smallest absolute Gasteiger partial charge is 0.119 e. The topological polar surface area (TPSA) is 42.2 Å². The van der Waals surface area contributed by atoms with Crippen LogP contribution in [0.2, 0.25) is 0 Å². The maximum absolute atomic E-state index is 9.38. The van der Waals surface area contributed by atoms with E-state index in [2.05, 4.69) is 13.0 Å². The minimum atomic E-state index is -0.104. The molecule has 0 N–H and O–H groups in total. The molecule has 2 aromatic carbocycles. The molecule has 0 amide bonds. The summed E-state index contributed by atoms with van der Waals surface area (Å²) in [6.07, 6.45) is 1.63. The van der Waals surface area contributed by atoms with Crippen LogP contribution in [-0.2, 0) is 0 Å². The van der Waals surface area contributed by atoms with Crippen molar-refractivity contribution in [1.82, 2.24) is 0 Å². The van der Waals surface area contributed by atoms with Crippen molar-refractivity contribution in [3.63, 3.8) is 0 Å². The summed E-state index contributed by atoms with van der Waals surface area (Å²) in [5.41, 5.74) is 2.25. The number of benzene rings is 2. The molecule has 0 aliphatic heterocycles. The second kappa shape index (κ2) is 8.85. The molecule has 0 radical (unpaired) electrons. The van der Waals surface area contributed by atoms with Gasteiger partial charge < -0.3 is 9.47 Å². The highest BCUT2D eigenvalue weighted by atomic mass is 16.5. The number of aryl methyl sites for hydroxylation is 1. The number of nitrogens with zero attached hydrogens (tertiary/aromatic N) is 1. The minimum Gasteiger partial charge on any atom is -0.494 e. The van der Waals surface area contributed by atoms with Gasteiger partial charge in [-0.1, -0.05) is 29.8 Å². The summed E-state index contributed by atoms with van der Waals surface area (Å²) in [5, 5.41) is 9.38. The second-order valence-corrected chi connectivity index (χ2v) is 5.49. The Labute approximate surface area is 138 Å². The molecule has 2 aromatic rings. The third-order valence-electron chi connectivity index (χ3n) is 3.68. The van der Waals surface area contributed by atoms with E-state index >= 15 is 0 Å². The van der Waals surface area contributed by atoms with Crippen molar-refractivity contribution in [1.29, 1.82) is 5.26 Å². The molecule has 0 saturated carbocycles. The van der Waals surface area contributed by atoms with E-state index in [1.165, 1.54) is 5.56 Å². The van der Waals surface area contributed by atoms with Crippen molar-refractivity contribution in [2.45, 2.75) is 32.6 Å². The normalized spacial score (nSPS) is 11.5. The molecule has 0 aromatic heterocycles. The zero-order chi connectivity index (χ0) is 16.5. The van der Waals surface area contributed by atoms with Crippen molar-refractivity contribution >= 4 is 0 Å². The summed E-state index contributed by atoms with van der Waals surface area (Å²) in [6, 6.07) is 18.2. The van der Waals surface area contributed by atoms with Gasteiger partial charge in [-0.15, -0.1) is 0 Å². The Morgan fingerprint density at radius 2 is 1.57 bits per heavy atom. The average molecular weight is 309 g/mol. The lowest BCUT2D eigenvalue weighted by atomic mass is 9.96. The number of nitriles is 1. The fourth-order valence-corrected chi connectivity index (χ4v) is 2.38. The van der Waals surface area contributed by atoms with E-state index in [0.717, 1.165) is 29.9 Å². The highest BCUT2D eigenvalue weighted by Gasteiger charge is 2.10. The summed E-state index contributed by atoms with van der Waals surface area (Å²) in [4.78, 5) is 0. The molecule has 0 aliphatic carbocycles. The molecule has 1 unspecified atom stereocenters. The fraction of sp³-hybridized carbons (Fsp3) is 0.350. The average Bonchev–Trinajstić information content (AvgIpc) is 2.58. The standard InChI is InChI=1S/C20H23NO2/c1-3-22-19-12-8-17(9-13-19)18(15-21)5-4-14-23-20-10-6-16(2)7-11-20/h6-13,18H,3-5,14H2,1-2H3. The maximum atomic E-state index is 9.38. The van der Waals surface area contributed by atoms with Crippen molar-refractivity contribution in [3.8, 4) is 17.6 Å². The fourth-order valence-electron chi connectivity index (χ4n) is 2.38. The Morgan fingerprint density at radius 1 is 0.957 bits per heavy atom. The van der Waals surface area contributed by atoms with Crippen LogP contribution in [0.4, 0.5) is 0 Å². The Bertz CT molecular complexity index is 626. The molecule has 0 spiro atoms. The van der Waals surface area contributed by atoms with Crippen molar-refractivity contribution in [2.75, 3.05) is 13.2 Å². The van der Waals surface area contributed by atoms with Gasteiger partial charge in [0.2, 0.25) is 0 Å². The van der Waals surface area contributed by atoms with Crippen LogP contribution < -0.4 is 9.47 Å². The van der Waals surface area contributed by atoms with Gasteiger partial charge in [-0.2, -0.15) is 5.26 Å². The molecule has 3 heteroatoms. The Hall–Kier alpha value is -2.47. The first-order valence-corrected chi connectivity index (χ1v) is 8.04. The van der Waals surface area contributed by atoms with Crippen molar-refractivity contribution < 1.29 is 9.47 Å². The number of hydrogen-bond acceptors (Lipinski definition) is 3. The highest BCUT2D eigenvalue weighted by Crippen LogP contribution is 2.23. The number of ether oxygens (including phenoxy) is 2. The van der Waals surface area contributed by atoms with Crippen LogP contribution in [0.1, 0.15) is 36.8 Å².